The molecule has 0 radical (unpaired) electrons. The summed E-state index contributed by atoms with van der Waals surface area (Å²) in [4.78, 5) is 18.2. The highest BCUT2D eigenvalue weighted by atomic mass is 35.5. The fourth-order valence-corrected chi connectivity index (χ4v) is 1.08. The van der Waals surface area contributed by atoms with Crippen molar-refractivity contribution in [3.8, 4) is 0 Å². The van der Waals surface area contributed by atoms with E-state index in [-0.39, 0.29) is 21.8 Å². The maximum atomic E-state index is 11.1. The second kappa shape index (κ2) is 4.30. The van der Waals surface area contributed by atoms with Gasteiger partial charge in [0.1, 0.15) is 5.02 Å². The Morgan fingerprint density at radius 2 is 2.14 bits per heavy atom. The monoisotopic (exact) mass is 234 g/mol. The Kier molecular flexibility index (Phi) is 3.32. The van der Waals surface area contributed by atoms with E-state index in [2.05, 4.69) is 19.8 Å². The Bertz CT molecular complexity index is 396. The molecule has 14 heavy (non-hydrogen) atoms. The molecule has 0 aliphatic heterocycles. The number of methoxy groups -OCH3 is 1. The van der Waals surface area contributed by atoms with Gasteiger partial charge in [0, 0.05) is 0 Å². The standard InChI is InChI=1S/C6H4Cl2N4O2/c1-14-5(13)3-2(7)4(12-9)11-6(8)10-3/h9H,1H3. The topological polar surface area (TPSA) is 88.3 Å². The van der Waals surface area contributed by atoms with Gasteiger partial charge in [-0.25, -0.2) is 15.3 Å². The van der Waals surface area contributed by atoms with Gasteiger partial charge in [0.15, 0.2) is 11.5 Å². The second-order valence-electron chi connectivity index (χ2n) is 2.08. The Balaban J connectivity index is 3.36. The van der Waals surface area contributed by atoms with E-state index < -0.39 is 5.97 Å². The number of aromatic nitrogens is 2. The van der Waals surface area contributed by atoms with Crippen LogP contribution in [0.1, 0.15) is 10.5 Å². The predicted molar refractivity (Wildman–Crippen MR) is 48.2 cm³/mol. The molecule has 1 heterocycles. The van der Waals surface area contributed by atoms with Crippen LogP contribution >= 0.6 is 23.2 Å². The average molecular weight is 235 g/mol. The van der Waals surface area contributed by atoms with Gasteiger partial charge in [-0.15, -0.1) is 5.11 Å². The molecule has 0 aliphatic rings. The van der Waals surface area contributed by atoms with Crippen LogP contribution < -0.4 is 0 Å². The fraction of sp³-hybridized carbons (Fsp3) is 0.167. The molecule has 1 rings (SSSR count). The summed E-state index contributed by atoms with van der Waals surface area (Å²) in [5, 5.41) is 2.61. The van der Waals surface area contributed by atoms with Crippen LogP contribution in [-0.2, 0) is 4.74 Å². The largest absolute Gasteiger partial charge is 0.464 e. The number of hydrogen-bond donors (Lipinski definition) is 1. The van der Waals surface area contributed by atoms with Crippen LogP contribution in [0.5, 0.6) is 0 Å². The highest BCUT2D eigenvalue weighted by molar-refractivity contribution is 6.36. The van der Waals surface area contributed by atoms with E-state index in [1.54, 1.807) is 0 Å². The lowest BCUT2D eigenvalue weighted by molar-refractivity contribution is 0.0594. The molecule has 0 saturated carbocycles. The molecule has 0 unspecified atom stereocenters. The predicted octanol–water partition coefficient (Wildman–Crippen LogP) is 2.23. The molecule has 0 spiro atoms. The summed E-state index contributed by atoms with van der Waals surface area (Å²) in [6.45, 7) is 0. The molecule has 0 aliphatic carbocycles. The van der Waals surface area contributed by atoms with Crippen molar-refractivity contribution in [2.75, 3.05) is 7.11 Å². The molecule has 0 aromatic carbocycles. The van der Waals surface area contributed by atoms with Crippen molar-refractivity contribution < 1.29 is 9.53 Å². The summed E-state index contributed by atoms with van der Waals surface area (Å²) in [6.07, 6.45) is 0. The van der Waals surface area contributed by atoms with Gasteiger partial charge >= 0.3 is 5.97 Å². The lowest BCUT2D eigenvalue weighted by Gasteiger charge is -2.02. The van der Waals surface area contributed by atoms with Crippen LogP contribution in [0.25, 0.3) is 0 Å². The molecule has 0 fully saturated rings. The van der Waals surface area contributed by atoms with Crippen LogP contribution in [-0.4, -0.2) is 23.0 Å². The number of carbonyl (C=O) groups excluding carboxylic acids is 1. The number of hydrogen-bond acceptors (Lipinski definition) is 6. The van der Waals surface area contributed by atoms with Crippen molar-refractivity contribution in [1.82, 2.24) is 9.97 Å². The molecule has 6 nitrogen and oxygen atoms in total. The van der Waals surface area contributed by atoms with E-state index in [4.69, 9.17) is 28.7 Å². The van der Waals surface area contributed by atoms with E-state index in [0.29, 0.717) is 0 Å². The van der Waals surface area contributed by atoms with Gasteiger partial charge in [0.05, 0.1) is 7.11 Å². The third-order valence-corrected chi connectivity index (χ3v) is 1.81. The highest BCUT2D eigenvalue weighted by Gasteiger charge is 2.18. The van der Waals surface area contributed by atoms with Gasteiger partial charge in [-0.1, -0.05) is 11.6 Å². The number of esters is 1. The van der Waals surface area contributed by atoms with E-state index in [9.17, 15) is 4.79 Å². The van der Waals surface area contributed by atoms with Gasteiger partial charge in [-0.2, -0.15) is 4.98 Å². The first-order valence-corrected chi connectivity index (χ1v) is 4.04. The summed E-state index contributed by atoms with van der Waals surface area (Å²) in [5.41, 5.74) is 6.51. The summed E-state index contributed by atoms with van der Waals surface area (Å²) in [5.74, 6) is -0.934. The normalized spacial score (nSPS) is 9.64. The van der Waals surface area contributed by atoms with Crippen LogP contribution in [0, 0.1) is 5.53 Å². The molecule has 0 bridgehead atoms. The van der Waals surface area contributed by atoms with Gasteiger partial charge < -0.3 is 4.74 Å². The zero-order valence-corrected chi connectivity index (χ0v) is 8.43. The first-order valence-electron chi connectivity index (χ1n) is 3.29. The molecule has 74 valence electrons. The summed E-state index contributed by atoms with van der Waals surface area (Å²) >= 11 is 11.1. The van der Waals surface area contributed by atoms with Crippen LogP contribution in [0.3, 0.4) is 0 Å². The van der Waals surface area contributed by atoms with Gasteiger partial charge in [-0.05, 0) is 11.6 Å². The number of ether oxygens (including phenoxy) is 1. The molecule has 1 aromatic rings. The molecular weight excluding hydrogens is 231 g/mol. The minimum atomic E-state index is -0.760. The molecule has 0 atom stereocenters. The average Bonchev–Trinajstić information content (AvgIpc) is 2.19. The van der Waals surface area contributed by atoms with Crippen LogP contribution in [0.4, 0.5) is 5.82 Å². The summed E-state index contributed by atoms with van der Waals surface area (Å²) in [7, 11) is 1.17. The lowest BCUT2D eigenvalue weighted by atomic mass is 10.4. The third kappa shape index (κ3) is 1.97. The van der Waals surface area contributed by atoms with Crippen molar-refractivity contribution in [1.29, 1.82) is 5.53 Å². The van der Waals surface area contributed by atoms with Crippen molar-refractivity contribution in [3.63, 3.8) is 0 Å². The molecular formula is C6H4Cl2N4O2. The Hall–Kier alpha value is -1.27. The fourth-order valence-electron chi connectivity index (χ4n) is 0.715. The van der Waals surface area contributed by atoms with E-state index in [0.717, 1.165) is 0 Å². The Labute approximate surface area is 88.7 Å². The van der Waals surface area contributed by atoms with Crippen LogP contribution in [0.2, 0.25) is 10.3 Å². The van der Waals surface area contributed by atoms with Crippen molar-refractivity contribution in [2.45, 2.75) is 0 Å². The summed E-state index contributed by atoms with van der Waals surface area (Å²) in [6, 6.07) is 0. The van der Waals surface area contributed by atoms with Crippen molar-refractivity contribution in [2.24, 2.45) is 5.11 Å². The maximum absolute atomic E-state index is 11.1. The van der Waals surface area contributed by atoms with E-state index in [1.807, 2.05) is 0 Å². The first kappa shape index (κ1) is 10.8. The van der Waals surface area contributed by atoms with E-state index >= 15 is 0 Å². The zero-order chi connectivity index (χ0) is 10.7. The highest BCUT2D eigenvalue weighted by Crippen LogP contribution is 2.26. The maximum Gasteiger partial charge on any atom is 0.358 e. The Morgan fingerprint density at radius 3 is 2.64 bits per heavy atom. The van der Waals surface area contributed by atoms with Crippen molar-refractivity contribution >= 4 is 35.0 Å². The number of nitrogens with one attached hydrogen (secondary N) is 1. The quantitative estimate of drug-likeness (QED) is 0.483. The molecule has 0 amide bonds. The van der Waals surface area contributed by atoms with Gasteiger partial charge in [0.2, 0.25) is 5.28 Å². The Morgan fingerprint density at radius 1 is 1.50 bits per heavy atom. The minimum absolute atomic E-state index is 0.156. The zero-order valence-electron chi connectivity index (χ0n) is 6.91. The SMILES string of the molecule is COC(=O)c1nc(Cl)nc(N=N)c1Cl. The first-order chi connectivity index (χ1) is 6.60. The second-order valence-corrected chi connectivity index (χ2v) is 2.80. The molecule has 8 heteroatoms. The van der Waals surface area contributed by atoms with Crippen molar-refractivity contribution in [3.05, 3.63) is 16.0 Å². The number of rotatable bonds is 2. The number of carbonyl (C=O) groups is 1. The number of halogens is 2. The van der Waals surface area contributed by atoms with Crippen LogP contribution in [0.15, 0.2) is 5.11 Å². The molecule has 1 aromatic heterocycles. The van der Waals surface area contributed by atoms with E-state index in [1.165, 1.54) is 7.11 Å². The minimum Gasteiger partial charge on any atom is -0.464 e. The molecule has 1 N–H and O–H groups in total. The van der Waals surface area contributed by atoms with Gasteiger partial charge in [-0.3, -0.25) is 0 Å². The summed E-state index contributed by atoms with van der Waals surface area (Å²) < 4.78 is 4.40. The third-order valence-electron chi connectivity index (χ3n) is 1.29. The smallest absolute Gasteiger partial charge is 0.358 e. The number of nitrogens with zero attached hydrogens (tertiary/aromatic N) is 3. The molecule has 0 saturated heterocycles. The lowest BCUT2D eigenvalue weighted by Crippen LogP contribution is -2.06. The van der Waals surface area contributed by atoms with Gasteiger partial charge in [0.25, 0.3) is 0 Å².